The molecule has 2 aromatic heterocycles. The van der Waals surface area contributed by atoms with Crippen LogP contribution in [0.2, 0.25) is 0 Å². The molecule has 0 spiro atoms. The summed E-state index contributed by atoms with van der Waals surface area (Å²) < 4.78 is 7.60. The van der Waals surface area contributed by atoms with E-state index in [0.29, 0.717) is 11.7 Å². The maximum absolute atomic E-state index is 5.62. The van der Waals surface area contributed by atoms with E-state index in [1.807, 2.05) is 47.3 Å². The Morgan fingerprint density at radius 2 is 1.78 bits per heavy atom. The van der Waals surface area contributed by atoms with E-state index in [2.05, 4.69) is 48.4 Å². The van der Waals surface area contributed by atoms with Crippen LogP contribution in [0.5, 0.6) is 0 Å². The van der Waals surface area contributed by atoms with Gasteiger partial charge in [0, 0.05) is 23.9 Å². The summed E-state index contributed by atoms with van der Waals surface area (Å²) in [6, 6.07) is 20.5. The summed E-state index contributed by atoms with van der Waals surface area (Å²) in [5.74, 6) is 1.38. The minimum Gasteiger partial charge on any atom is -0.338 e. The first kappa shape index (κ1) is 17.2. The van der Waals surface area contributed by atoms with Crippen LogP contribution in [0.3, 0.4) is 0 Å². The molecular weight excluding hydrogens is 336 g/mol. The molecule has 0 saturated carbocycles. The lowest BCUT2D eigenvalue weighted by Crippen LogP contribution is -2.00. The highest BCUT2D eigenvalue weighted by Crippen LogP contribution is 2.29. The average molecular weight is 358 g/mol. The van der Waals surface area contributed by atoms with Crippen LogP contribution in [0, 0.1) is 0 Å². The van der Waals surface area contributed by atoms with Crippen molar-refractivity contribution in [1.29, 1.82) is 0 Å². The minimum absolute atomic E-state index is 0.108. The summed E-state index contributed by atoms with van der Waals surface area (Å²) in [5.41, 5.74) is 4.30. The van der Waals surface area contributed by atoms with Crippen molar-refractivity contribution in [3.63, 3.8) is 0 Å². The Kier molecular flexibility index (Phi) is 4.83. The van der Waals surface area contributed by atoms with Crippen molar-refractivity contribution in [2.75, 3.05) is 0 Å². The normalized spacial score (nSPS) is 12.2. The molecule has 0 aliphatic rings. The quantitative estimate of drug-likeness (QED) is 0.477. The lowest BCUT2D eigenvalue weighted by atomic mass is 9.96. The molecule has 27 heavy (non-hydrogen) atoms. The fourth-order valence-corrected chi connectivity index (χ4v) is 3.38. The highest BCUT2D eigenvalue weighted by molar-refractivity contribution is 5.67. The molecule has 5 heteroatoms. The number of aryl methyl sites for hydroxylation is 1. The van der Waals surface area contributed by atoms with E-state index >= 15 is 0 Å². The molecule has 0 radical (unpaired) electrons. The first-order chi connectivity index (χ1) is 13.3. The van der Waals surface area contributed by atoms with Gasteiger partial charge < -0.3 is 4.52 Å². The number of hydrogen-bond acceptors (Lipinski definition) is 4. The van der Waals surface area contributed by atoms with Gasteiger partial charge in [0.05, 0.1) is 11.6 Å². The summed E-state index contributed by atoms with van der Waals surface area (Å²) in [6.07, 6.45) is 2.73. The molecule has 0 bridgehead atoms. The third-order valence-corrected chi connectivity index (χ3v) is 4.78. The summed E-state index contributed by atoms with van der Waals surface area (Å²) in [7, 11) is 0. The third kappa shape index (κ3) is 3.40. The molecule has 136 valence electrons. The van der Waals surface area contributed by atoms with Crippen LogP contribution in [0.1, 0.15) is 37.6 Å². The van der Waals surface area contributed by atoms with Gasteiger partial charge in [0.1, 0.15) is 0 Å². The fraction of sp³-hybridized carbons (Fsp3) is 0.227. The van der Waals surface area contributed by atoms with Gasteiger partial charge in [0.2, 0.25) is 11.7 Å². The van der Waals surface area contributed by atoms with Crippen molar-refractivity contribution in [1.82, 2.24) is 19.9 Å². The summed E-state index contributed by atoms with van der Waals surface area (Å²) in [5, 5.41) is 8.59. The van der Waals surface area contributed by atoms with E-state index in [-0.39, 0.29) is 5.92 Å². The Morgan fingerprint density at radius 3 is 2.56 bits per heavy atom. The first-order valence-electron chi connectivity index (χ1n) is 9.31. The molecular formula is C22H22N4O. The maximum Gasteiger partial charge on any atom is 0.234 e. The Morgan fingerprint density at radius 1 is 0.963 bits per heavy atom. The topological polar surface area (TPSA) is 56.7 Å². The van der Waals surface area contributed by atoms with Gasteiger partial charge in [-0.2, -0.15) is 10.1 Å². The number of hydrogen-bond donors (Lipinski definition) is 0. The van der Waals surface area contributed by atoms with E-state index in [0.717, 1.165) is 29.8 Å². The molecule has 0 aliphatic heterocycles. The van der Waals surface area contributed by atoms with Crippen LogP contribution < -0.4 is 0 Å². The van der Waals surface area contributed by atoms with E-state index in [9.17, 15) is 0 Å². The molecule has 5 nitrogen and oxygen atoms in total. The predicted octanol–water partition coefficient (Wildman–Crippen LogP) is 5.16. The molecule has 0 fully saturated rings. The number of benzene rings is 2. The summed E-state index contributed by atoms with van der Waals surface area (Å²) >= 11 is 0. The van der Waals surface area contributed by atoms with Crippen molar-refractivity contribution < 1.29 is 4.52 Å². The number of nitrogens with zero attached hydrogens (tertiary/aromatic N) is 4. The highest BCUT2D eigenvalue weighted by Gasteiger charge is 2.20. The van der Waals surface area contributed by atoms with Gasteiger partial charge in [-0.15, -0.1) is 0 Å². The van der Waals surface area contributed by atoms with Gasteiger partial charge in [-0.1, -0.05) is 60.6 Å². The molecule has 0 aliphatic carbocycles. The van der Waals surface area contributed by atoms with Crippen LogP contribution in [0.15, 0.2) is 71.4 Å². The van der Waals surface area contributed by atoms with Gasteiger partial charge in [0.25, 0.3) is 0 Å². The van der Waals surface area contributed by atoms with Gasteiger partial charge in [-0.25, -0.2) is 0 Å². The van der Waals surface area contributed by atoms with Crippen LogP contribution in [0.4, 0.5) is 0 Å². The van der Waals surface area contributed by atoms with Crippen LogP contribution in [0.25, 0.3) is 22.6 Å². The van der Waals surface area contributed by atoms with E-state index in [1.54, 1.807) is 0 Å². The summed E-state index contributed by atoms with van der Waals surface area (Å²) in [6.45, 7) is 5.04. The van der Waals surface area contributed by atoms with Crippen molar-refractivity contribution in [3.05, 3.63) is 78.3 Å². The standard InChI is InChI=1S/C22H22N4O/c1-3-19(16-9-6-5-7-10-16)22-24-21(25-27-22)18-12-8-11-17(15-18)20-13-14-23-26(20)4-2/h5-15,19H,3-4H2,1-2H3/t19-/m1/s1. The zero-order chi connectivity index (χ0) is 18.6. The van der Waals surface area contributed by atoms with E-state index in [4.69, 9.17) is 9.51 Å². The predicted molar refractivity (Wildman–Crippen MR) is 105 cm³/mol. The SMILES string of the molecule is CC[C@H](c1ccccc1)c1nc(-c2cccc(-c3ccnn3CC)c2)no1. The molecule has 4 rings (SSSR count). The minimum atomic E-state index is 0.108. The smallest absolute Gasteiger partial charge is 0.234 e. The Balaban J connectivity index is 1.67. The molecule has 0 N–H and O–H groups in total. The van der Waals surface area contributed by atoms with Crippen molar-refractivity contribution in [2.45, 2.75) is 32.7 Å². The second kappa shape index (κ2) is 7.58. The molecule has 1 atom stereocenters. The second-order valence-corrected chi connectivity index (χ2v) is 6.44. The third-order valence-electron chi connectivity index (χ3n) is 4.78. The number of rotatable bonds is 6. The Bertz CT molecular complexity index is 1020. The Hall–Kier alpha value is -3.21. The largest absolute Gasteiger partial charge is 0.338 e. The zero-order valence-electron chi connectivity index (χ0n) is 15.5. The fourth-order valence-electron chi connectivity index (χ4n) is 3.38. The van der Waals surface area contributed by atoms with Crippen LogP contribution in [-0.2, 0) is 6.54 Å². The van der Waals surface area contributed by atoms with Crippen molar-refractivity contribution >= 4 is 0 Å². The van der Waals surface area contributed by atoms with Crippen molar-refractivity contribution in [3.8, 4) is 22.6 Å². The molecule has 0 saturated heterocycles. The lowest BCUT2D eigenvalue weighted by molar-refractivity contribution is 0.363. The van der Waals surface area contributed by atoms with Gasteiger partial charge in [-0.05, 0) is 31.0 Å². The van der Waals surface area contributed by atoms with Crippen LogP contribution >= 0.6 is 0 Å². The van der Waals surface area contributed by atoms with E-state index < -0.39 is 0 Å². The van der Waals surface area contributed by atoms with Gasteiger partial charge >= 0.3 is 0 Å². The first-order valence-corrected chi connectivity index (χ1v) is 9.31. The second-order valence-electron chi connectivity index (χ2n) is 6.44. The summed E-state index contributed by atoms with van der Waals surface area (Å²) in [4.78, 5) is 4.69. The van der Waals surface area contributed by atoms with Crippen LogP contribution in [-0.4, -0.2) is 19.9 Å². The average Bonchev–Trinajstić information content (AvgIpc) is 3.39. The van der Waals surface area contributed by atoms with Gasteiger partial charge in [-0.3, -0.25) is 4.68 Å². The highest BCUT2D eigenvalue weighted by atomic mass is 16.5. The Labute approximate surface area is 158 Å². The monoisotopic (exact) mass is 358 g/mol. The molecule has 2 heterocycles. The molecule has 0 amide bonds. The zero-order valence-corrected chi connectivity index (χ0v) is 15.5. The molecule has 2 aromatic carbocycles. The molecule has 0 unspecified atom stereocenters. The van der Waals surface area contributed by atoms with Crippen molar-refractivity contribution in [2.24, 2.45) is 0 Å². The van der Waals surface area contributed by atoms with E-state index in [1.165, 1.54) is 5.56 Å². The maximum atomic E-state index is 5.62. The van der Waals surface area contributed by atoms with Gasteiger partial charge in [0.15, 0.2) is 0 Å². The lowest BCUT2D eigenvalue weighted by Gasteiger charge is -2.09. The molecule has 4 aromatic rings. The number of aromatic nitrogens is 4.